The molecule has 15 heavy (non-hydrogen) atoms. The molecule has 0 fully saturated rings. The molecule has 1 aromatic rings. The highest BCUT2D eigenvalue weighted by Crippen LogP contribution is 2.19. The quantitative estimate of drug-likeness (QED) is 0.768. The van der Waals surface area contributed by atoms with Crippen LogP contribution in [0.4, 0.5) is 18.9 Å². The Bertz CT molecular complexity index is 359. The molecule has 82 valence electrons. The maximum Gasteiger partial charge on any atom is 0.170 e. The fraction of sp³-hybridized carbons (Fsp3) is 0.222. The van der Waals surface area contributed by atoms with E-state index < -0.39 is 23.1 Å². The second kappa shape index (κ2) is 4.97. The average Bonchev–Trinajstić information content (AvgIpc) is 2.11. The molecule has 0 radical (unpaired) electrons. The van der Waals surface area contributed by atoms with Crippen molar-refractivity contribution >= 4 is 23.0 Å². The Morgan fingerprint density at radius 1 is 1.27 bits per heavy atom. The molecule has 6 heteroatoms. The first kappa shape index (κ1) is 11.8. The Labute approximate surface area is 90.5 Å². The smallest absolute Gasteiger partial charge is 0.170 e. The Hall–Kier alpha value is -1.30. The van der Waals surface area contributed by atoms with E-state index in [1.54, 1.807) is 6.92 Å². The van der Waals surface area contributed by atoms with E-state index in [-0.39, 0.29) is 5.11 Å². The molecule has 2 N–H and O–H groups in total. The maximum absolute atomic E-state index is 13.1. The largest absolute Gasteiger partial charge is 0.363 e. The number of hydrogen-bond acceptors (Lipinski definition) is 1. The summed E-state index contributed by atoms with van der Waals surface area (Å²) in [6.07, 6.45) is 0. The molecule has 0 amide bonds. The van der Waals surface area contributed by atoms with Crippen molar-refractivity contribution in [2.75, 3.05) is 11.9 Å². The van der Waals surface area contributed by atoms with Gasteiger partial charge >= 0.3 is 0 Å². The Morgan fingerprint density at radius 2 is 1.80 bits per heavy atom. The van der Waals surface area contributed by atoms with E-state index in [1.165, 1.54) is 0 Å². The summed E-state index contributed by atoms with van der Waals surface area (Å²) in [5.74, 6) is -3.01. The Morgan fingerprint density at radius 3 is 2.27 bits per heavy atom. The van der Waals surface area contributed by atoms with Gasteiger partial charge in [-0.15, -0.1) is 0 Å². The summed E-state index contributed by atoms with van der Waals surface area (Å²) in [6, 6.07) is 1.17. The number of rotatable bonds is 2. The summed E-state index contributed by atoms with van der Waals surface area (Å²) in [4.78, 5) is 0. The third kappa shape index (κ3) is 3.09. The van der Waals surface area contributed by atoms with Gasteiger partial charge in [-0.1, -0.05) is 0 Å². The zero-order valence-corrected chi connectivity index (χ0v) is 8.72. The van der Waals surface area contributed by atoms with Crippen molar-refractivity contribution in [3.05, 3.63) is 29.6 Å². The number of halogens is 3. The molecule has 0 heterocycles. The van der Waals surface area contributed by atoms with Crippen LogP contribution in [0, 0.1) is 17.5 Å². The summed E-state index contributed by atoms with van der Waals surface area (Å²) in [6.45, 7) is 2.31. The van der Waals surface area contributed by atoms with Crippen LogP contribution in [-0.2, 0) is 0 Å². The zero-order valence-electron chi connectivity index (χ0n) is 7.90. The molecule has 0 aliphatic heterocycles. The predicted octanol–water partition coefficient (Wildman–Crippen LogP) is 2.41. The van der Waals surface area contributed by atoms with E-state index in [1.807, 2.05) is 0 Å². The molecule has 1 rings (SSSR count). The van der Waals surface area contributed by atoms with Gasteiger partial charge in [0.25, 0.3) is 0 Å². The first-order valence-corrected chi connectivity index (χ1v) is 4.64. The van der Waals surface area contributed by atoms with E-state index in [9.17, 15) is 13.2 Å². The van der Waals surface area contributed by atoms with Crippen LogP contribution in [0.3, 0.4) is 0 Å². The zero-order chi connectivity index (χ0) is 11.4. The normalized spacial score (nSPS) is 9.87. The van der Waals surface area contributed by atoms with Crippen LogP contribution in [0.1, 0.15) is 6.92 Å². The molecule has 0 aliphatic rings. The predicted molar refractivity (Wildman–Crippen MR) is 56.2 cm³/mol. The van der Waals surface area contributed by atoms with Crippen LogP contribution in [0.15, 0.2) is 12.1 Å². The minimum atomic E-state index is -1.02. The monoisotopic (exact) mass is 234 g/mol. The molecule has 0 atom stereocenters. The molecular formula is C9H9F3N2S. The van der Waals surface area contributed by atoms with E-state index in [0.29, 0.717) is 18.7 Å². The highest BCUT2D eigenvalue weighted by atomic mass is 32.1. The third-order valence-electron chi connectivity index (χ3n) is 1.58. The molecule has 2 nitrogen and oxygen atoms in total. The van der Waals surface area contributed by atoms with Gasteiger partial charge < -0.3 is 10.6 Å². The van der Waals surface area contributed by atoms with Gasteiger partial charge in [0.1, 0.15) is 11.5 Å². The van der Waals surface area contributed by atoms with E-state index in [4.69, 9.17) is 12.2 Å². The molecular weight excluding hydrogens is 225 g/mol. The van der Waals surface area contributed by atoms with Crippen LogP contribution >= 0.6 is 12.2 Å². The molecule has 0 unspecified atom stereocenters. The topological polar surface area (TPSA) is 24.1 Å². The summed E-state index contributed by atoms with van der Waals surface area (Å²) in [5.41, 5.74) is -0.456. The molecule has 0 spiro atoms. The highest BCUT2D eigenvalue weighted by molar-refractivity contribution is 7.80. The minimum Gasteiger partial charge on any atom is -0.363 e. The van der Waals surface area contributed by atoms with Crippen LogP contribution in [0.25, 0.3) is 0 Å². The van der Waals surface area contributed by atoms with Crippen LogP contribution in [-0.4, -0.2) is 11.7 Å². The molecule has 0 aromatic heterocycles. The van der Waals surface area contributed by atoms with Gasteiger partial charge in [-0.3, -0.25) is 0 Å². The Balaban J connectivity index is 2.90. The van der Waals surface area contributed by atoms with E-state index in [2.05, 4.69) is 10.6 Å². The SMILES string of the molecule is CCNC(=S)Nc1c(F)cc(F)cc1F. The van der Waals surface area contributed by atoms with Crippen molar-refractivity contribution in [1.82, 2.24) is 5.32 Å². The standard InChI is InChI=1S/C9H9F3N2S/c1-2-13-9(15)14-8-6(11)3-5(10)4-7(8)12/h3-4H,2H2,1H3,(H2,13,14,15). The van der Waals surface area contributed by atoms with Gasteiger partial charge in [-0.25, -0.2) is 13.2 Å². The van der Waals surface area contributed by atoms with Crippen molar-refractivity contribution in [2.24, 2.45) is 0 Å². The van der Waals surface area contributed by atoms with Crippen molar-refractivity contribution in [1.29, 1.82) is 0 Å². The summed E-state index contributed by atoms with van der Waals surface area (Å²) in [5, 5.41) is 5.05. The lowest BCUT2D eigenvalue weighted by atomic mass is 10.3. The summed E-state index contributed by atoms with van der Waals surface area (Å²) in [7, 11) is 0. The van der Waals surface area contributed by atoms with Gasteiger partial charge in [0.2, 0.25) is 0 Å². The first-order chi connectivity index (χ1) is 7.04. The van der Waals surface area contributed by atoms with Gasteiger partial charge in [0, 0.05) is 18.7 Å². The van der Waals surface area contributed by atoms with Gasteiger partial charge in [-0.05, 0) is 19.1 Å². The summed E-state index contributed by atoms with van der Waals surface area (Å²) >= 11 is 4.74. The molecule has 1 aromatic carbocycles. The van der Waals surface area contributed by atoms with Gasteiger partial charge in [0.15, 0.2) is 16.7 Å². The van der Waals surface area contributed by atoms with Crippen LogP contribution in [0.5, 0.6) is 0 Å². The molecule has 0 aliphatic carbocycles. The highest BCUT2D eigenvalue weighted by Gasteiger charge is 2.12. The average molecular weight is 234 g/mol. The molecule has 0 saturated carbocycles. The first-order valence-electron chi connectivity index (χ1n) is 4.24. The number of anilines is 1. The van der Waals surface area contributed by atoms with Crippen molar-refractivity contribution in [2.45, 2.75) is 6.92 Å². The second-order valence-electron chi connectivity index (χ2n) is 2.73. The van der Waals surface area contributed by atoms with Crippen molar-refractivity contribution in [3.63, 3.8) is 0 Å². The number of benzene rings is 1. The minimum absolute atomic E-state index is 0.0851. The summed E-state index contributed by atoms with van der Waals surface area (Å²) < 4.78 is 38.7. The van der Waals surface area contributed by atoms with Gasteiger partial charge in [0.05, 0.1) is 0 Å². The van der Waals surface area contributed by atoms with E-state index >= 15 is 0 Å². The van der Waals surface area contributed by atoms with E-state index in [0.717, 1.165) is 0 Å². The second-order valence-corrected chi connectivity index (χ2v) is 3.14. The lowest BCUT2D eigenvalue weighted by Gasteiger charge is -2.10. The lowest BCUT2D eigenvalue weighted by Crippen LogP contribution is -2.28. The third-order valence-corrected chi connectivity index (χ3v) is 1.83. The maximum atomic E-state index is 13.1. The molecule has 0 bridgehead atoms. The number of hydrogen-bond donors (Lipinski definition) is 2. The van der Waals surface area contributed by atoms with Gasteiger partial charge in [-0.2, -0.15) is 0 Å². The van der Waals surface area contributed by atoms with Crippen LogP contribution < -0.4 is 10.6 Å². The molecule has 0 saturated heterocycles. The van der Waals surface area contributed by atoms with Crippen LogP contribution in [0.2, 0.25) is 0 Å². The van der Waals surface area contributed by atoms with Crippen molar-refractivity contribution < 1.29 is 13.2 Å². The fourth-order valence-corrected chi connectivity index (χ4v) is 1.23. The number of thiocarbonyl (C=S) groups is 1. The number of nitrogens with one attached hydrogen (secondary N) is 2. The lowest BCUT2D eigenvalue weighted by molar-refractivity contribution is 0.549. The Kier molecular flexibility index (Phi) is 3.90. The van der Waals surface area contributed by atoms with Crippen molar-refractivity contribution in [3.8, 4) is 0 Å². The fourth-order valence-electron chi connectivity index (χ4n) is 0.980.